The Labute approximate surface area is 216 Å². The van der Waals surface area contributed by atoms with E-state index in [1.807, 2.05) is 61.2 Å². The van der Waals surface area contributed by atoms with Crippen molar-refractivity contribution in [2.75, 3.05) is 13.1 Å². The van der Waals surface area contributed by atoms with Crippen molar-refractivity contribution in [2.45, 2.75) is 32.9 Å². The SMILES string of the molecule is CC(C)CNC(=O)c1ccc(COc2ccc3c(c2)C(c2ccccc2)N(C(=O)c2ccco2)CC3)o1. The minimum atomic E-state index is -0.272. The van der Waals surface area contributed by atoms with Gasteiger partial charge >= 0.3 is 0 Å². The number of ether oxygens (including phenoxy) is 1. The van der Waals surface area contributed by atoms with E-state index >= 15 is 0 Å². The molecule has 3 heterocycles. The number of hydrogen-bond donors (Lipinski definition) is 1. The van der Waals surface area contributed by atoms with Crippen LogP contribution in [0.3, 0.4) is 0 Å². The number of rotatable bonds is 8. The highest BCUT2D eigenvalue weighted by Crippen LogP contribution is 2.38. The second-order valence-corrected chi connectivity index (χ2v) is 9.56. The van der Waals surface area contributed by atoms with Crippen molar-refractivity contribution in [3.63, 3.8) is 0 Å². The maximum Gasteiger partial charge on any atom is 0.290 e. The molecule has 37 heavy (non-hydrogen) atoms. The van der Waals surface area contributed by atoms with Crippen molar-refractivity contribution >= 4 is 11.8 Å². The highest BCUT2D eigenvalue weighted by atomic mass is 16.5. The summed E-state index contributed by atoms with van der Waals surface area (Å²) in [5, 5.41) is 2.85. The number of nitrogens with one attached hydrogen (secondary N) is 1. The standard InChI is InChI=1S/C30H30N2O5/c1-20(2)18-31-29(33)26-13-12-24(37-26)19-36-23-11-10-21-14-15-32(30(34)27-9-6-16-35-27)28(25(21)17-23)22-7-4-3-5-8-22/h3-13,16-17,20,28H,14-15,18-19H2,1-2H3,(H,31,33). The molecule has 0 bridgehead atoms. The Morgan fingerprint density at radius 1 is 1.03 bits per heavy atom. The Hall–Kier alpha value is -4.26. The molecule has 1 N–H and O–H groups in total. The Morgan fingerprint density at radius 3 is 2.62 bits per heavy atom. The van der Waals surface area contributed by atoms with Crippen LogP contribution in [-0.4, -0.2) is 29.8 Å². The summed E-state index contributed by atoms with van der Waals surface area (Å²) in [6, 6.07) is 22.5. The highest BCUT2D eigenvalue weighted by molar-refractivity contribution is 5.92. The van der Waals surface area contributed by atoms with Crippen LogP contribution in [-0.2, 0) is 13.0 Å². The largest absolute Gasteiger partial charge is 0.486 e. The molecule has 2 amide bonds. The molecule has 7 nitrogen and oxygen atoms in total. The van der Waals surface area contributed by atoms with Gasteiger partial charge in [-0.25, -0.2) is 0 Å². The van der Waals surface area contributed by atoms with Gasteiger partial charge in [0.25, 0.3) is 11.8 Å². The Balaban J connectivity index is 1.36. The van der Waals surface area contributed by atoms with Gasteiger partial charge in [0.15, 0.2) is 11.5 Å². The minimum Gasteiger partial charge on any atom is -0.486 e. The van der Waals surface area contributed by atoms with Crippen LogP contribution >= 0.6 is 0 Å². The van der Waals surface area contributed by atoms with Crippen molar-refractivity contribution in [1.29, 1.82) is 0 Å². The molecule has 5 rings (SSSR count). The molecular formula is C30H30N2O5. The van der Waals surface area contributed by atoms with Crippen LogP contribution in [0.4, 0.5) is 0 Å². The molecule has 190 valence electrons. The zero-order chi connectivity index (χ0) is 25.8. The molecule has 0 fully saturated rings. The van der Waals surface area contributed by atoms with Crippen molar-refractivity contribution in [3.05, 3.63) is 113 Å². The van der Waals surface area contributed by atoms with Crippen LogP contribution in [0, 0.1) is 5.92 Å². The molecule has 4 aromatic rings. The summed E-state index contributed by atoms with van der Waals surface area (Å²) in [7, 11) is 0. The highest BCUT2D eigenvalue weighted by Gasteiger charge is 2.34. The first-order chi connectivity index (χ1) is 18.0. The molecule has 1 aliphatic heterocycles. The average molecular weight is 499 g/mol. The lowest BCUT2D eigenvalue weighted by molar-refractivity contribution is 0.0661. The number of furan rings is 2. The van der Waals surface area contributed by atoms with Crippen molar-refractivity contribution in [1.82, 2.24) is 10.2 Å². The van der Waals surface area contributed by atoms with E-state index in [9.17, 15) is 9.59 Å². The van der Waals surface area contributed by atoms with Gasteiger partial charge in [0, 0.05) is 13.1 Å². The van der Waals surface area contributed by atoms with Crippen LogP contribution in [0.5, 0.6) is 5.75 Å². The van der Waals surface area contributed by atoms with E-state index in [1.165, 1.54) is 11.8 Å². The molecule has 2 aromatic carbocycles. The molecule has 0 radical (unpaired) electrons. The number of nitrogens with zero attached hydrogens (tertiary/aromatic N) is 1. The predicted octanol–water partition coefficient (Wildman–Crippen LogP) is 5.63. The Morgan fingerprint density at radius 2 is 1.86 bits per heavy atom. The van der Waals surface area contributed by atoms with E-state index < -0.39 is 0 Å². The number of hydrogen-bond acceptors (Lipinski definition) is 5. The normalized spacial score (nSPS) is 14.9. The summed E-state index contributed by atoms with van der Waals surface area (Å²) in [5.74, 6) is 1.78. The number of benzene rings is 2. The van der Waals surface area contributed by atoms with Crippen molar-refractivity contribution in [3.8, 4) is 5.75 Å². The molecule has 0 saturated heterocycles. The topological polar surface area (TPSA) is 84.9 Å². The second-order valence-electron chi connectivity index (χ2n) is 9.56. The summed E-state index contributed by atoms with van der Waals surface area (Å²) < 4.78 is 17.2. The van der Waals surface area contributed by atoms with Crippen LogP contribution in [0.15, 0.2) is 87.9 Å². The lowest BCUT2D eigenvalue weighted by Gasteiger charge is -2.37. The van der Waals surface area contributed by atoms with E-state index in [0.717, 1.165) is 17.5 Å². The summed E-state index contributed by atoms with van der Waals surface area (Å²) in [6.07, 6.45) is 2.25. The van der Waals surface area contributed by atoms with Gasteiger partial charge in [0.2, 0.25) is 0 Å². The van der Waals surface area contributed by atoms with E-state index in [4.69, 9.17) is 13.6 Å². The van der Waals surface area contributed by atoms with E-state index in [0.29, 0.717) is 36.3 Å². The summed E-state index contributed by atoms with van der Waals surface area (Å²) in [6.45, 7) is 5.42. The van der Waals surface area contributed by atoms with Crippen LogP contribution in [0.1, 0.15) is 63.4 Å². The molecule has 1 unspecified atom stereocenters. The molecule has 2 aromatic heterocycles. The number of carbonyl (C=O) groups excluding carboxylic acids is 2. The lowest BCUT2D eigenvalue weighted by atomic mass is 9.87. The van der Waals surface area contributed by atoms with Gasteiger partial charge in [0.05, 0.1) is 12.3 Å². The van der Waals surface area contributed by atoms with Gasteiger partial charge < -0.3 is 23.8 Å². The Kier molecular flexibility index (Phi) is 7.12. The van der Waals surface area contributed by atoms with Gasteiger partial charge in [0.1, 0.15) is 18.1 Å². The van der Waals surface area contributed by atoms with Crippen LogP contribution < -0.4 is 10.1 Å². The molecule has 0 aliphatic carbocycles. The average Bonchev–Trinajstić information content (AvgIpc) is 3.63. The molecule has 1 aliphatic rings. The third kappa shape index (κ3) is 5.45. The fourth-order valence-electron chi connectivity index (χ4n) is 4.55. The first kappa shape index (κ1) is 24.4. The quantitative estimate of drug-likeness (QED) is 0.341. The monoisotopic (exact) mass is 498 g/mol. The Bertz CT molecular complexity index is 1360. The zero-order valence-corrected chi connectivity index (χ0v) is 21.0. The fourth-order valence-corrected chi connectivity index (χ4v) is 4.55. The van der Waals surface area contributed by atoms with Gasteiger partial charge in [-0.2, -0.15) is 0 Å². The summed E-state index contributed by atoms with van der Waals surface area (Å²) in [4.78, 5) is 27.5. The zero-order valence-electron chi connectivity index (χ0n) is 21.0. The van der Waals surface area contributed by atoms with E-state index in [-0.39, 0.29) is 30.2 Å². The fraction of sp³-hybridized carbons (Fsp3) is 0.267. The van der Waals surface area contributed by atoms with Gasteiger partial charge in [-0.3, -0.25) is 9.59 Å². The second kappa shape index (κ2) is 10.8. The van der Waals surface area contributed by atoms with Gasteiger partial charge in [-0.05, 0) is 65.4 Å². The number of amides is 2. The van der Waals surface area contributed by atoms with E-state index in [1.54, 1.807) is 24.3 Å². The summed E-state index contributed by atoms with van der Waals surface area (Å²) in [5.41, 5.74) is 3.21. The van der Waals surface area contributed by atoms with Gasteiger partial charge in [-0.15, -0.1) is 0 Å². The van der Waals surface area contributed by atoms with Crippen molar-refractivity contribution < 1.29 is 23.2 Å². The lowest BCUT2D eigenvalue weighted by Crippen LogP contribution is -2.40. The first-order valence-corrected chi connectivity index (χ1v) is 12.5. The molecule has 1 atom stereocenters. The van der Waals surface area contributed by atoms with Gasteiger partial charge in [-0.1, -0.05) is 50.2 Å². The maximum absolute atomic E-state index is 13.3. The molecular weight excluding hydrogens is 468 g/mol. The molecule has 0 spiro atoms. The maximum atomic E-state index is 13.3. The van der Waals surface area contributed by atoms with E-state index in [2.05, 4.69) is 11.4 Å². The number of carbonyl (C=O) groups is 2. The number of fused-ring (bicyclic) bond motifs is 1. The smallest absolute Gasteiger partial charge is 0.290 e. The van der Waals surface area contributed by atoms with Crippen molar-refractivity contribution in [2.24, 2.45) is 5.92 Å². The third-order valence-corrected chi connectivity index (χ3v) is 6.39. The van der Waals surface area contributed by atoms with Crippen LogP contribution in [0.2, 0.25) is 0 Å². The first-order valence-electron chi connectivity index (χ1n) is 12.5. The van der Waals surface area contributed by atoms with Crippen LogP contribution in [0.25, 0.3) is 0 Å². The summed E-state index contributed by atoms with van der Waals surface area (Å²) >= 11 is 0. The predicted molar refractivity (Wildman–Crippen MR) is 138 cm³/mol. The molecule has 7 heteroatoms. The molecule has 0 saturated carbocycles. The third-order valence-electron chi connectivity index (χ3n) is 6.39. The minimum absolute atomic E-state index is 0.144.